The number of fused-ring (bicyclic) bond motifs is 1. The Morgan fingerprint density at radius 1 is 1.00 bits per heavy atom. The van der Waals surface area contributed by atoms with Gasteiger partial charge < -0.3 is 25.0 Å². The van der Waals surface area contributed by atoms with Gasteiger partial charge in [0.2, 0.25) is 0 Å². The predicted molar refractivity (Wildman–Crippen MR) is 128 cm³/mol. The average Bonchev–Trinajstić information content (AvgIpc) is 3.25. The van der Waals surface area contributed by atoms with Gasteiger partial charge in [-0.05, 0) is 54.8 Å². The van der Waals surface area contributed by atoms with Crippen LogP contribution in [0.25, 0.3) is 0 Å². The van der Waals surface area contributed by atoms with Crippen molar-refractivity contribution in [3.63, 3.8) is 0 Å². The Kier molecular flexibility index (Phi) is 6.49. The summed E-state index contributed by atoms with van der Waals surface area (Å²) in [7, 11) is 3.10. The van der Waals surface area contributed by atoms with Crippen molar-refractivity contribution in [3.05, 3.63) is 82.9 Å². The van der Waals surface area contributed by atoms with Crippen molar-refractivity contribution in [1.82, 2.24) is 5.32 Å². The lowest BCUT2D eigenvalue weighted by molar-refractivity contribution is 0.0989. The minimum absolute atomic E-state index is 0.00887. The number of anilines is 2. The second-order valence-corrected chi connectivity index (χ2v) is 7.91. The van der Waals surface area contributed by atoms with Gasteiger partial charge >= 0.3 is 6.03 Å². The SMILES string of the molecule is COc1ccc(OC)c(NC(=O)NCc2ccc3c(c2)N(C(=O)c2cccc(C)c2)CC3)c1. The Morgan fingerprint density at radius 3 is 2.61 bits per heavy atom. The maximum atomic E-state index is 13.1. The minimum Gasteiger partial charge on any atom is -0.497 e. The Morgan fingerprint density at radius 2 is 1.85 bits per heavy atom. The average molecular weight is 446 g/mol. The molecule has 0 unspecified atom stereocenters. The number of aryl methyl sites for hydroxylation is 1. The fraction of sp³-hybridized carbons (Fsp3) is 0.231. The summed E-state index contributed by atoms with van der Waals surface area (Å²) >= 11 is 0. The minimum atomic E-state index is -0.366. The topological polar surface area (TPSA) is 79.9 Å². The molecule has 2 N–H and O–H groups in total. The molecule has 33 heavy (non-hydrogen) atoms. The molecule has 0 atom stereocenters. The van der Waals surface area contributed by atoms with E-state index in [0.717, 1.165) is 28.8 Å². The van der Waals surface area contributed by atoms with Crippen LogP contribution < -0.4 is 25.0 Å². The largest absolute Gasteiger partial charge is 0.497 e. The molecule has 3 aromatic rings. The molecule has 0 bridgehead atoms. The maximum Gasteiger partial charge on any atom is 0.319 e. The first-order valence-corrected chi connectivity index (χ1v) is 10.8. The zero-order valence-electron chi connectivity index (χ0n) is 19.0. The zero-order chi connectivity index (χ0) is 23.4. The first-order valence-electron chi connectivity index (χ1n) is 10.8. The van der Waals surface area contributed by atoms with E-state index in [0.29, 0.717) is 35.8 Å². The molecule has 3 amide bonds. The molecule has 170 valence electrons. The van der Waals surface area contributed by atoms with E-state index >= 15 is 0 Å². The summed E-state index contributed by atoms with van der Waals surface area (Å²) in [6, 6.07) is 18.4. The van der Waals surface area contributed by atoms with E-state index in [-0.39, 0.29) is 11.9 Å². The van der Waals surface area contributed by atoms with Crippen LogP contribution in [0.4, 0.5) is 16.2 Å². The van der Waals surface area contributed by atoms with Crippen molar-refractivity contribution >= 4 is 23.3 Å². The summed E-state index contributed by atoms with van der Waals surface area (Å²) in [6.45, 7) is 2.94. The molecular weight excluding hydrogens is 418 g/mol. The van der Waals surface area contributed by atoms with E-state index in [2.05, 4.69) is 10.6 Å². The van der Waals surface area contributed by atoms with Gasteiger partial charge in [-0.25, -0.2) is 4.79 Å². The number of nitrogens with zero attached hydrogens (tertiary/aromatic N) is 1. The number of carbonyl (C=O) groups excluding carboxylic acids is 2. The van der Waals surface area contributed by atoms with Gasteiger partial charge in [-0.2, -0.15) is 0 Å². The lowest BCUT2D eigenvalue weighted by Gasteiger charge is -2.18. The number of methoxy groups -OCH3 is 2. The van der Waals surface area contributed by atoms with Gasteiger partial charge in [0.25, 0.3) is 5.91 Å². The van der Waals surface area contributed by atoms with Crippen LogP contribution >= 0.6 is 0 Å². The monoisotopic (exact) mass is 445 g/mol. The molecule has 1 aliphatic heterocycles. The van der Waals surface area contributed by atoms with Gasteiger partial charge in [-0.3, -0.25) is 4.79 Å². The van der Waals surface area contributed by atoms with E-state index in [1.807, 2.05) is 54.3 Å². The third-order valence-corrected chi connectivity index (χ3v) is 5.66. The number of amides is 3. The van der Waals surface area contributed by atoms with Crippen LogP contribution in [0, 0.1) is 6.92 Å². The van der Waals surface area contributed by atoms with E-state index in [9.17, 15) is 9.59 Å². The Bertz CT molecular complexity index is 1190. The highest BCUT2D eigenvalue weighted by atomic mass is 16.5. The van der Waals surface area contributed by atoms with Crippen LogP contribution in [-0.2, 0) is 13.0 Å². The number of hydrogen-bond donors (Lipinski definition) is 2. The second kappa shape index (κ2) is 9.65. The van der Waals surface area contributed by atoms with Crippen molar-refractivity contribution in [2.45, 2.75) is 19.9 Å². The lowest BCUT2D eigenvalue weighted by atomic mass is 10.1. The quantitative estimate of drug-likeness (QED) is 0.584. The molecule has 0 aliphatic carbocycles. The van der Waals surface area contributed by atoms with Crippen LogP contribution in [0.3, 0.4) is 0 Å². The second-order valence-electron chi connectivity index (χ2n) is 7.91. The number of carbonyl (C=O) groups is 2. The first-order chi connectivity index (χ1) is 16.0. The summed E-state index contributed by atoms with van der Waals surface area (Å²) in [4.78, 5) is 27.4. The summed E-state index contributed by atoms with van der Waals surface area (Å²) in [5.74, 6) is 1.14. The highest BCUT2D eigenvalue weighted by Crippen LogP contribution is 2.31. The van der Waals surface area contributed by atoms with Gasteiger partial charge in [-0.1, -0.05) is 29.8 Å². The van der Waals surface area contributed by atoms with Gasteiger partial charge in [0.05, 0.1) is 19.9 Å². The van der Waals surface area contributed by atoms with E-state index in [1.165, 1.54) is 0 Å². The lowest BCUT2D eigenvalue weighted by Crippen LogP contribution is -2.30. The van der Waals surface area contributed by atoms with Crippen LogP contribution in [0.15, 0.2) is 60.7 Å². The molecule has 1 heterocycles. The number of urea groups is 1. The third-order valence-electron chi connectivity index (χ3n) is 5.66. The molecule has 0 aromatic heterocycles. The smallest absolute Gasteiger partial charge is 0.319 e. The van der Waals surface area contributed by atoms with Crippen LogP contribution in [-0.4, -0.2) is 32.7 Å². The summed E-state index contributed by atoms with van der Waals surface area (Å²) in [6.07, 6.45) is 0.816. The molecule has 0 spiro atoms. The molecule has 0 saturated carbocycles. The number of rotatable bonds is 6. The van der Waals surface area contributed by atoms with Crippen LogP contribution in [0.1, 0.15) is 27.0 Å². The molecule has 0 saturated heterocycles. The van der Waals surface area contributed by atoms with Crippen molar-refractivity contribution in [3.8, 4) is 11.5 Å². The fourth-order valence-electron chi connectivity index (χ4n) is 3.94. The Balaban J connectivity index is 1.44. The Hall–Kier alpha value is -4.00. The van der Waals surface area contributed by atoms with E-state index in [4.69, 9.17) is 9.47 Å². The van der Waals surface area contributed by atoms with Crippen molar-refractivity contribution < 1.29 is 19.1 Å². The predicted octanol–water partition coefficient (Wildman–Crippen LogP) is 4.54. The molecule has 7 heteroatoms. The van der Waals surface area contributed by atoms with Gasteiger partial charge in [-0.15, -0.1) is 0 Å². The summed E-state index contributed by atoms with van der Waals surface area (Å²) < 4.78 is 10.5. The summed E-state index contributed by atoms with van der Waals surface area (Å²) in [5, 5.41) is 5.65. The summed E-state index contributed by atoms with van der Waals surface area (Å²) in [5.41, 5.74) is 5.18. The van der Waals surface area contributed by atoms with E-state index in [1.54, 1.807) is 32.4 Å². The zero-order valence-corrected chi connectivity index (χ0v) is 19.0. The normalized spacial score (nSPS) is 12.2. The Labute approximate surface area is 193 Å². The number of ether oxygens (including phenoxy) is 2. The number of nitrogens with one attached hydrogen (secondary N) is 2. The van der Waals surface area contributed by atoms with Crippen LogP contribution in [0.5, 0.6) is 11.5 Å². The molecular formula is C26H27N3O4. The van der Waals surface area contributed by atoms with Gasteiger partial charge in [0.1, 0.15) is 11.5 Å². The van der Waals surface area contributed by atoms with Crippen LogP contribution in [0.2, 0.25) is 0 Å². The number of benzene rings is 3. The highest BCUT2D eigenvalue weighted by Gasteiger charge is 2.26. The fourth-order valence-corrected chi connectivity index (χ4v) is 3.94. The first kappa shape index (κ1) is 22.2. The van der Waals surface area contributed by atoms with Crippen molar-refractivity contribution in [2.75, 3.05) is 31.0 Å². The van der Waals surface area contributed by atoms with Gasteiger partial charge in [0, 0.05) is 30.4 Å². The molecule has 3 aromatic carbocycles. The molecule has 0 fully saturated rings. The maximum absolute atomic E-state index is 13.1. The molecule has 7 nitrogen and oxygen atoms in total. The highest BCUT2D eigenvalue weighted by molar-refractivity contribution is 6.07. The van der Waals surface area contributed by atoms with Gasteiger partial charge in [0.15, 0.2) is 0 Å². The standard InChI is InChI=1S/C26H27N3O4/c1-17-5-4-6-20(13-17)25(30)29-12-11-19-8-7-18(14-23(19)29)16-27-26(31)28-22-15-21(32-2)9-10-24(22)33-3/h4-10,13-15H,11-12,16H2,1-3H3,(H2,27,28,31). The number of hydrogen-bond acceptors (Lipinski definition) is 4. The third kappa shape index (κ3) is 4.92. The molecule has 1 aliphatic rings. The van der Waals surface area contributed by atoms with E-state index < -0.39 is 0 Å². The molecule has 4 rings (SSSR count). The van der Waals surface area contributed by atoms with Crippen molar-refractivity contribution in [1.29, 1.82) is 0 Å². The van der Waals surface area contributed by atoms with Crippen molar-refractivity contribution in [2.24, 2.45) is 0 Å². The molecule has 0 radical (unpaired) electrons.